The third kappa shape index (κ3) is 2.46. The van der Waals surface area contributed by atoms with Crippen LogP contribution in [0.4, 0.5) is 0 Å². The lowest BCUT2D eigenvalue weighted by Crippen LogP contribution is -2.27. The van der Waals surface area contributed by atoms with E-state index in [0.29, 0.717) is 6.04 Å². The van der Waals surface area contributed by atoms with Crippen molar-refractivity contribution in [3.8, 4) is 5.82 Å². The number of hydrogen-bond donors (Lipinski definition) is 1. The summed E-state index contributed by atoms with van der Waals surface area (Å²) in [6.07, 6.45) is 6.00. The van der Waals surface area contributed by atoms with E-state index < -0.39 is 0 Å². The van der Waals surface area contributed by atoms with Crippen molar-refractivity contribution in [2.75, 3.05) is 19.7 Å². The lowest BCUT2D eigenvalue weighted by molar-refractivity contribution is 0.183. The highest BCUT2D eigenvalue weighted by molar-refractivity contribution is 5.28. The Morgan fingerprint density at radius 1 is 1.40 bits per heavy atom. The van der Waals surface area contributed by atoms with Crippen LogP contribution in [0, 0.1) is 6.92 Å². The number of likely N-dealkylation sites (tertiary alicyclic amines) is 1. The van der Waals surface area contributed by atoms with Gasteiger partial charge in [-0.1, -0.05) is 6.07 Å². The summed E-state index contributed by atoms with van der Waals surface area (Å²) in [4.78, 5) is 11.3. The van der Waals surface area contributed by atoms with Gasteiger partial charge in [0.05, 0.1) is 18.3 Å². The fourth-order valence-electron chi connectivity index (χ4n) is 2.94. The van der Waals surface area contributed by atoms with Crippen molar-refractivity contribution in [1.82, 2.24) is 19.4 Å². The van der Waals surface area contributed by atoms with E-state index in [4.69, 9.17) is 10.1 Å². The van der Waals surface area contributed by atoms with Crippen LogP contribution in [0.15, 0.2) is 30.6 Å². The first-order chi connectivity index (χ1) is 9.79. The predicted octanol–water partition coefficient (Wildman–Crippen LogP) is 1.70. The minimum absolute atomic E-state index is 0.205. The molecule has 0 aromatic carbocycles. The van der Waals surface area contributed by atoms with Gasteiger partial charge in [0.2, 0.25) is 0 Å². The summed E-state index contributed by atoms with van der Waals surface area (Å²) >= 11 is 0. The lowest BCUT2D eigenvalue weighted by Gasteiger charge is -2.23. The van der Waals surface area contributed by atoms with Crippen molar-refractivity contribution in [2.45, 2.75) is 25.8 Å². The highest BCUT2D eigenvalue weighted by Crippen LogP contribution is 2.30. The maximum atomic E-state index is 9.16. The van der Waals surface area contributed by atoms with Crippen LogP contribution in [-0.4, -0.2) is 44.2 Å². The Bertz CT molecular complexity index is 581. The molecule has 0 bridgehead atoms. The molecular formula is C15H20N4O. The van der Waals surface area contributed by atoms with Gasteiger partial charge in [0.1, 0.15) is 11.6 Å². The SMILES string of the molecule is Cc1nccn1-c1cccc(C2CCCN2CCO)n1. The van der Waals surface area contributed by atoms with Crippen LogP contribution >= 0.6 is 0 Å². The molecule has 2 aromatic heterocycles. The molecule has 5 nitrogen and oxygen atoms in total. The van der Waals surface area contributed by atoms with Gasteiger partial charge in [-0.15, -0.1) is 0 Å². The molecule has 1 N–H and O–H groups in total. The summed E-state index contributed by atoms with van der Waals surface area (Å²) < 4.78 is 1.99. The molecular weight excluding hydrogens is 252 g/mol. The monoisotopic (exact) mass is 272 g/mol. The van der Waals surface area contributed by atoms with E-state index in [0.717, 1.165) is 36.8 Å². The Morgan fingerprint density at radius 3 is 3.05 bits per heavy atom. The fourth-order valence-corrected chi connectivity index (χ4v) is 2.94. The number of β-amino-alcohol motifs (C(OH)–C–C–N with tert-alkyl or cyclic N) is 1. The second kappa shape index (κ2) is 5.73. The van der Waals surface area contributed by atoms with Crippen molar-refractivity contribution >= 4 is 0 Å². The smallest absolute Gasteiger partial charge is 0.138 e. The largest absolute Gasteiger partial charge is 0.395 e. The first kappa shape index (κ1) is 13.3. The Balaban J connectivity index is 1.90. The van der Waals surface area contributed by atoms with E-state index in [2.05, 4.69) is 16.0 Å². The molecule has 0 spiro atoms. The Morgan fingerprint density at radius 2 is 2.30 bits per heavy atom. The van der Waals surface area contributed by atoms with Gasteiger partial charge in [0.15, 0.2) is 0 Å². The zero-order valence-corrected chi connectivity index (χ0v) is 11.7. The Labute approximate surface area is 118 Å². The molecule has 1 aliphatic heterocycles. The van der Waals surface area contributed by atoms with E-state index in [-0.39, 0.29) is 6.61 Å². The molecule has 0 radical (unpaired) electrons. The molecule has 106 valence electrons. The molecule has 1 fully saturated rings. The molecule has 20 heavy (non-hydrogen) atoms. The molecule has 0 aliphatic carbocycles. The van der Waals surface area contributed by atoms with E-state index in [1.165, 1.54) is 6.42 Å². The molecule has 3 rings (SSSR count). The van der Waals surface area contributed by atoms with Gasteiger partial charge in [0.25, 0.3) is 0 Å². The van der Waals surface area contributed by atoms with Crippen molar-refractivity contribution in [1.29, 1.82) is 0 Å². The van der Waals surface area contributed by atoms with Gasteiger partial charge in [-0.05, 0) is 38.4 Å². The molecule has 5 heteroatoms. The first-order valence-corrected chi connectivity index (χ1v) is 7.12. The molecule has 3 heterocycles. The normalized spacial score (nSPS) is 19.6. The molecule has 2 aromatic rings. The minimum Gasteiger partial charge on any atom is -0.395 e. The number of imidazole rings is 1. The molecule has 1 aliphatic rings. The van der Waals surface area contributed by atoms with E-state index in [9.17, 15) is 0 Å². The fraction of sp³-hybridized carbons (Fsp3) is 0.467. The topological polar surface area (TPSA) is 54.2 Å². The highest BCUT2D eigenvalue weighted by atomic mass is 16.3. The number of pyridine rings is 1. The van der Waals surface area contributed by atoms with Crippen LogP contribution in [0.2, 0.25) is 0 Å². The molecule has 0 amide bonds. The van der Waals surface area contributed by atoms with Crippen LogP contribution in [0.1, 0.15) is 30.4 Å². The zero-order valence-electron chi connectivity index (χ0n) is 11.7. The average molecular weight is 272 g/mol. The van der Waals surface area contributed by atoms with Gasteiger partial charge in [-0.3, -0.25) is 9.47 Å². The van der Waals surface area contributed by atoms with E-state index in [1.54, 1.807) is 6.20 Å². The minimum atomic E-state index is 0.205. The summed E-state index contributed by atoms with van der Waals surface area (Å²) in [5.74, 6) is 1.85. The van der Waals surface area contributed by atoms with Gasteiger partial charge < -0.3 is 5.11 Å². The third-order valence-corrected chi connectivity index (χ3v) is 3.92. The van der Waals surface area contributed by atoms with Crippen LogP contribution in [0.3, 0.4) is 0 Å². The quantitative estimate of drug-likeness (QED) is 0.920. The van der Waals surface area contributed by atoms with Crippen LogP contribution in [-0.2, 0) is 0 Å². The number of aliphatic hydroxyl groups excluding tert-OH is 1. The number of aromatic nitrogens is 3. The van der Waals surface area contributed by atoms with Gasteiger partial charge in [0, 0.05) is 18.9 Å². The summed E-state index contributed by atoms with van der Waals surface area (Å²) in [6.45, 7) is 3.95. The van der Waals surface area contributed by atoms with E-state index in [1.807, 2.05) is 29.8 Å². The molecule has 1 atom stereocenters. The lowest BCUT2D eigenvalue weighted by atomic mass is 10.1. The van der Waals surface area contributed by atoms with E-state index >= 15 is 0 Å². The van der Waals surface area contributed by atoms with Crippen LogP contribution in [0.5, 0.6) is 0 Å². The summed E-state index contributed by atoms with van der Waals surface area (Å²) in [6, 6.07) is 6.46. The molecule has 1 saturated heterocycles. The second-order valence-corrected chi connectivity index (χ2v) is 5.18. The summed E-state index contributed by atoms with van der Waals surface area (Å²) in [5, 5.41) is 9.16. The second-order valence-electron chi connectivity index (χ2n) is 5.18. The Hall–Kier alpha value is -1.72. The number of aryl methyl sites for hydroxylation is 1. The number of hydrogen-bond acceptors (Lipinski definition) is 4. The predicted molar refractivity (Wildman–Crippen MR) is 76.7 cm³/mol. The Kier molecular flexibility index (Phi) is 3.80. The maximum Gasteiger partial charge on any atom is 0.138 e. The summed E-state index contributed by atoms with van der Waals surface area (Å²) in [5.41, 5.74) is 1.08. The molecule has 1 unspecified atom stereocenters. The number of rotatable bonds is 4. The number of aliphatic hydroxyl groups is 1. The van der Waals surface area contributed by atoms with Gasteiger partial charge >= 0.3 is 0 Å². The zero-order chi connectivity index (χ0) is 13.9. The third-order valence-electron chi connectivity index (χ3n) is 3.92. The van der Waals surface area contributed by atoms with Crippen molar-refractivity contribution in [2.24, 2.45) is 0 Å². The van der Waals surface area contributed by atoms with Crippen molar-refractivity contribution < 1.29 is 5.11 Å². The maximum absolute atomic E-state index is 9.16. The van der Waals surface area contributed by atoms with Crippen LogP contribution < -0.4 is 0 Å². The van der Waals surface area contributed by atoms with Gasteiger partial charge in [-0.25, -0.2) is 9.97 Å². The first-order valence-electron chi connectivity index (χ1n) is 7.12. The van der Waals surface area contributed by atoms with Crippen molar-refractivity contribution in [3.63, 3.8) is 0 Å². The summed E-state index contributed by atoms with van der Waals surface area (Å²) in [7, 11) is 0. The van der Waals surface area contributed by atoms with Gasteiger partial charge in [-0.2, -0.15) is 0 Å². The van der Waals surface area contributed by atoms with Crippen LogP contribution in [0.25, 0.3) is 5.82 Å². The van der Waals surface area contributed by atoms with Crippen molar-refractivity contribution in [3.05, 3.63) is 42.1 Å². The highest BCUT2D eigenvalue weighted by Gasteiger charge is 2.26. The number of nitrogens with zero attached hydrogens (tertiary/aromatic N) is 4. The molecule has 0 saturated carbocycles. The average Bonchev–Trinajstić information content (AvgIpc) is 3.08. The standard InChI is InChI=1S/C15H20N4O/c1-12-16-7-9-19(12)15-6-2-4-13(17-15)14-5-3-8-18(14)10-11-20/h2,4,6-7,9,14,20H,3,5,8,10-11H2,1H3.